The van der Waals surface area contributed by atoms with E-state index >= 15 is 0 Å². The van der Waals surface area contributed by atoms with Gasteiger partial charge in [-0.15, -0.1) is 0 Å². The van der Waals surface area contributed by atoms with Crippen molar-refractivity contribution < 1.29 is 9.53 Å². The molecule has 0 aromatic carbocycles. The molecule has 1 amide bonds. The minimum atomic E-state index is -0.465. The van der Waals surface area contributed by atoms with Crippen LogP contribution in [0.15, 0.2) is 0 Å². The molecule has 0 radical (unpaired) electrons. The number of carbonyl (C=O) groups excluding carboxylic acids is 1. The summed E-state index contributed by atoms with van der Waals surface area (Å²) in [7, 11) is 1.61. The lowest BCUT2D eigenvalue weighted by Crippen LogP contribution is -2.49. The number of hydrogen-bond donors (Lipinski definition) is 2. The molecule has 0 unspecified atom stereocenters. The molecule has 4 heteroatoms. The fraction of sp³-hybridized carbons (Fsp3) is 0.900. The SMILES string of the molecule is COCC(C)(C)NC(=O)CC(C)(C)N. The quantitative estimate of drug-likeness (QED) is 0.688. The van der Waals surface area contributed by atoms with Crippen LogP contribution in [-0.4, -0.2) is 30.7 Å². The maximum absolute atomic E-state index is 11.5. The van der Waals surface area contributed by atoms with Gasteiger partial charge in [-0.25, -0.2) is 0 Å². The standard InChI is InChI=1S/C10H22N2O2/c1-9(2,11)6-8(13)12-10(3,4)7-14-5/h6-7,11H2,1-5H3,(H,12,13). The van der Waals surface area contributed by atoms with E-state index in [9.17, 15) is 4.79 Å². The summed E-state index contributed by atoms with van der Waals surface area (Å²) in [6.45, 7) is 7.98. The lowest BCUT2D eigenvalue weighted by atomic mass is 10.00. The first-order valence-corrected chi connectivity index (χ1v) is 4.75. The van der Waals surface area contributed by atoms with Crippen molar-refractivity contribution in [1.82, 2.24) is 5.32 Å². The van der Waals surface area contributed by atoms with Crippen molar-refractivity contribution in [3.8, 4) is 0 Å². The Morgan fingerprint density at radius 1 is 1.36 bits per heavy atom. The summed E-state index contributed by atoms with van der Waals surface area (Å²) in [5.41, 5.74) is 4.94. The van der Waals surface area contributed by atoms with Crippen molar-refractivity contribution in [2.75, 3.05) is 13.7 Å². The van der Waals surface area contributed by atoms with E-state index in [1.54, 1.807) is 7.11 Å². The van der Waals surface area contributed by atoms with Crippen LogP contribution in [0.5, 0.6) is 0 Å². The van der Waals surface area contributed by atoms with Gasteiger partial charge in [0.25, 0.3) is 0 Å². The fourth-order valence-electron chi connectivity index (χ4n) is 1.23. The largest absolute Gasteiger partial charge is 0.382 e. The van der Waals surface area contributed by atoms with Crippen LogP contribution >= 0.6 is 0 Å². The lowest BCUT2D eigenvalue weighted by Gasteiger charge is -2.27. The van der Waals surface area contributed by atoms with E-state index in [0.717, 1.165) is 0 Å². The molecule has 84 valence electrons. The Morgan fingerprint density at radius 2 is 1.86 bits per heavy atom. The Balaban J connectivity index is 4.06. The van der Waals surface area contributed by atoms with Crippen LogP contribution in [0.3, 0.4) is 0 Å². The number of hydrogen-bond acceptors (Lipinski definition) is 3. The third kappa shape index (κ3) is 6.86. The van der Waals surface area contributed by atoms with Crippen molar-refractivity contribution in [2.45, 2.75) is 45.2 Å². The second kappa shape index (κ2) is 4.75. The van der Waals surface area contributed by atoms with Crippen molar-refractivity contribution in [3.05, 3.63) is 0 Å². The van der Waals surface area contributed by atoms with E-state index in [1.165, 1.54) is 0 Å². The Kier molecular flexibility index (Phi) is 4.55. The summed E-state index contributed by atoms with van der Waals surface area (Å²) >= 11 is 0. The van der Waals surface area contributed by atoms with Crippen LogP contribution in [0.4, 0.5) is 0 Å². The molecule has 0 rings (SSSR count). The molecule has 0 aliphatic rings. The highest BCUT2D eigenvalue weighted by Gasteiger charge is 2.23. The smallest absolute Gasteiger partial charge is 0.222 e. The molecular formula is C10H22N2O2. The third-order valence-electron chi connectivity index (χ3n) is 1.60. The third-order valence-corrected chi connectivity index (χ3v) is 1.60. The van der Waals surface area contributed by atoms with E-state index in [1.807, 2.05) is 27.7 Å². The first kappa shape index (κ1) is 13.4. The van der Waals surface area contributed by atoms with Gasteiger partial charge in [0.2, 0.25) is 5.91 Å². The highest BCUT2D eigenvalue weighted by atomic mass is 16.5. The first-order chi connectivity index (χ1) is 6.16. The molecule has 0 saturated carbocycles. The predicted molar refractivity (Wildman–Crippen MR) is 57.0 cm³/mol. The molecule has 0 fully saturated rings. The fourth-order valence-corrected chi connectivity index (χ4v) is 1.23. The second-order valence-electron chi connectivity index (χ2n) is 5.03. The molecule has 0 heterocycles. The van der Waals surface area contributed by atoms with Crippen LogP contribution in [0.1, 0.15) is 34.1 Å². The van der Waals surface area contributed by atoms with Gasteiger partial charge in [-0.1, -0.05) is 0 Å². The van der Waals surface area contributed by atoms with Gasteiger partial charge in [0, 0.05) is 19.1 Å². The summed E-state index contributed by atoms with van der Waals surface area (Å²) in [6.07, 6.45) is 0.320. The average molecular weight is 202 g/mol. The van der Waals surface area contributed by atoms with Crippen molar-refractivity contribution in [2.24, 2.45) is 5.73 Å². The molecule has 0 aromatic rings. The molecule has 0 aliphatic heterocycles. The van der Waals surface area contributed by atoms with Crippen LogP contribution in [-0.2, 0) is 9.53 Å². The van der Waals surface area contributed by atoms with E-state index < -0.39 is 5.54 Å². The van der Waals surface area contributed by atoms with Crippen LogP contribution in [0, 0.1) is 0 Å². The molecule has 14 heavy (non-hydrogen) atoms. The molecule has 0 bridgehead atoms. The number of ether oxygens (including phenoxy) is 1. The molecule has 0 spiro atoms. The average Bonchev–Trinajstić information content (AvgIpc) is 1.78. The van der Waals surface area contributed by atoms with Crippen LogP contribution in [0.2, 0.25) is 0 Å². The number of nitrogens with two attached hydrogens (primary N) is 1. The molecule has 0 atom stereocenters. The van der Waals surface area contributed by atoms with E-state index in [2.05, 4.69) is 5.32 Å². The number of carbonyl (C=O) groups is 1. The van der Waals surface area contributed by atoms with E-state index in [4.69, 9.17) is 10.5 Å². The van der Waals surface area contributed by atoms with Gasteiger partial charge in [0.05, 0.1) is 12.1 Å². The van der Waals surface area contributed by atoms with E-state index in [-0.39, 0.29) is 11.4 Å². The van der Waals surface area contributed by atoms with Gasteiger partial charge in [-0.05, 0) is 27.7 Å². The summed E-state index contributed by atoms with van der Waals surface area (Å²) < 4.78 is 4.99. The monoisotopic (exact) mass is 202 g/mol. The molecule has 0 saturated heterocycles. The maximum atomic E-state index is 11.5. The Labute approximate surface area is 86.2 Å². The van der Waals surface area contributed by atoms with Crippen LogP contribution in [0.25, 0.3) is 0 Å². The summed E-state index contributed by atoms with van der Waals surface area (Å²) in [6, 6.07) is 0. The summed E-state index contributed by atoms with van der Waals surface area (Å²) in [5.74, 6) is -0.0421. The number of nitrogens with one attached hydrogen (secondary N) is 1. The first-order valence-electron chi connectivity index (χ1n) is 4.75. The van der Waals surface area contributed by atoms with Gasteiger partial charge in [0.1, 0.15) is 0 Å². The zero-order valence-electron chi connectivity index (χ0n) is 9.81. The Morgan fingerprint density at radius 3 is 2.21 bits per heavy atom. The van der Waals surface area contributed by atoms with Crippen LogP contribution < -0.4 is 11.1 Å². The summed E-state index contributed by atoms with van der Waals surface area (Å²) in [5, 5.41) is 2.87. The van der Waals surface area contributed by atoms with E-state index in [0.29, 0.717) is 13.0 Å². The number of methoxy groups -OCH3 is 1. The molecular weight excluding hydrogens is 180 g/mol. The van der Waals surface area contributed by atoms with Gasteiger partial charge < -0.3 is 15.8 Å². The maximum Gasteiger partial charge on any atom is 0.222 e. The Hall–Kier alpha value is -0.610. The molecule has 3 N–H and O–H groups in total. The van der Waals surface area contributed by atoms with Gasteiger partial charge in [-0.2, -0.15) is 0 Å². The predicted octanol–water partition coefficient (Wildman–Crippen LogP) is 0.655. The van der Waals surface area contributed by atoms with Gasteiger partial charge in [0.15, 0.2) is 0 Å². The zero-order valence-corrected chi connectivity index (χ0v) is 9.81. The topological polar surface area (TPSA) is 64.3 Å². The number of rotatable bonds is 5. The highest BCUT2D eigenvalue weighted by molar-refractivity contribution is 5.77. The van der Waals surface area contributed by atoms with Gasteiger partial charge in [-0.3, -0.25) is 4.79 Å². The molecule has 0 aromatic heterocycles. The summed E-state index contributed by atoms with van der Waals surface area (Å²) in [4.78, 5) is 11.5. The minimum Gasteiger partial charge on any atom is -0.382 e. The number of amides is 1. The molecule has 0 aliphatic carbocycles. The normalized spacial score (nSPS) is 12.7. The van der Waals surface area contributed by atoms with Gasteiger partial charge >= 0.3 is 0 Å². The lowest BCUT2D eigenvalue weighted by molar-refractivity contribution is -0.124. The highest BCUT2D eigenvalue weighted by Crippen LogP contribution is 2.07. The van der Waals surface area contributed by atoms with Crippen molar-refractivity contribution in [3.63, 3.8) is 0 Å². The van der Waals surface area contributed by atoms with Crippen molar-refractivity contribution >= 4 is 5.91 Å². The minimum absolute atomic E-state index is 0.0421. The second-order valence-corrected chi connectivity index (χ2v) is 5.03. The Bertz CT molecular complexity index is 195. The van der Waals surface area contributed by atoms with Crippen molar-refractivity contribution in [1.29, 1.82) is 0 Å². The zero-order chi connectivity index (χ0) is 11.4. The molecule has 4 nitrogen and oxygen atoms in total.